The van der Waals surface area contributed by atoms with Gasteiger partial charge in [-0.15, -0.1) is 0 Å². The zero-order valence-corrected chi connectivity index (χ0v) is 16.2. The molecule has 1 N–H and O–H groups in total. The highest BCUT2D eigenvalue weighted by Gasteiger charge is 2.13. The number of rotatable bonds is 5. The SMILES string of the molecule is Cc1ccc(-c2cc3c(SCC(=O)Nc4cc(F)ccc4F)nccn3n2)cc1. The van der Waals surface area contributed by atoms with Crippen molar-refractivity contribution < 1.29 is 13.6 Å². The van der Waals surface area contributed by atoms with Gasteiger partial charge in [0.15, 0.2) is 0 Å². The lowest BCUT2D eigenvalue weighted by Gasteiger charge is -2.06. The van der Waals surface area contributed by atoms with Crippen LogP contribution in [0.15, 0.2) is 66.0 Å². The second-order valence-electron chi connectivity index (χ2n) is 6.42. The van der Waals surface area contributed by atoms with Crippen molar-refractivity contribution in [3.63, 3.8) is 0 Å². The second kappa shape index (κ2) is 8.00. The van der Waals surface area contributed by atoms with Gasteiger partial charge >= 0.3 is 0 Å². The number of aryl methyl sites for hydroxylation is 1. The Morgan fingerprint density at radius 1 is 1.14 bits per heavy atom. The zero-order valence-electron chi connectivity index (χ0n) is 15.4. The van der Waals surface area contributed by atoms with Crippen molar-refractivity contribution >= 4 is 28.9 Å². The molecule has 0 saturated carbocycles. The summed E-state index contributed by atoms with van der Waals surface area (Å²) in [5.41, 5.74) is 3.52. The van der Waals surface area contributed by atoms with Gasteiger partial charge in [0, 0.05) is 24.0 Å². The van der Waals surface area contributed by atoms with Crippen LogP contribution in [0.3, 0.4) is 0 Å². The van der Waals surface area contributed by atoms with Crippen LogP contribution in [0.4, 0.5) is 14.5 Å². The first-order valence-electron chi connectivity index (χ1n) is 8.79. The van der Waals surface area contributed by atoms with E-state index >= 15 is 0 Å². The normalized spacial score (nSPS) is 11.0. The van der Waals surface area contributed by atoms with E-state index in [-0.39, 0.29) is 11.4 Å². The van der Waals surface area contributed by atoms with Crippen LogP contribution in [0.25, 0.3) is 16.8 Å². The van der Waals surface area contributed by atoms with Gasteiger partial charge in [0.1, 0.15) is 16.7 Å². The molecule has 0 spiro atoms. The molecule has 0 atom stereocenters. The lowest BCUT2D eigenvalue weighted by Crippen LogP contribution is -2.15. The number of nitrogens with one attached hydrogen (secondary N) is 1. The Kier molecular flexibility index (Phi) is 5.26. The minimum absolute atomic E-state index is 0.00628. The number of thioether (sulfide) groups is 1. The van der Waals surface area contributed by atoms with Crippen molar-refractivity contribution in [2.24, 2.45) is 0 Å². The summed E-state index contributed by atoms with van der Waals surface area (Å²) in [6.07, 6.45) is 3.34. The monoisotopic (exact) mass is 410 g/mol. The van der Waals surface area contributed by atoms with Crippen LogP contribution in [-0.4, -0.2) is 26.3 Å². The summed E-state index contributed by atoms with van der Waals surface area (Å²) in [5, 5.41) is 7.56. The van der Waals surface area contributed by atoms with Gasteiger partial charge in [-0.25, -0.2) is 18.3 Å². The first-order valence-corrected chi connectivity index (χ1v) is 9.77. The zero-order chi connectivity index (χ0) is 20.4. The van der Waals surface area contributed by atoms with Crippen LogP contribution >= 0.6 is 11.8 Å². The molecular formula is C21H16F2N4OS. The van der Waals surface area contributed by atoms with Crippen molar-refractivity contribution in [2.45, 2.75) is 11.9 Å². The van der Waals surface area contributed by atoms with E-state index in [0.717, 1.165) is 40.5 Å². The van der Waals surface area contributed by atoms with E-state index in [2.05, 4.69) is 15.4 Å². The van der Waals surface area contributed by atoms with Crippen LogP contribution in [0.1, 0.15) is 5.56 Å². The van der Waals surface area contributed by atoms with Crippen molar-refractivity contribution in [2.75, 3.05) is 11.1 Å². The molecule has 0 aliphatic heterocycles. The fourth-order valence-corrected chi connectivity index (χ4v) is 3.56. The number of carbonyl (C=O) groups excluding carboxylic acids is 1. The van der Waals surface area contributed by atoms with Gasteiger partial charge in [0.2, 0.25) is 5.91 Å². The number of hydrogen-bond acceptors (Lipinski definition) is 4. The molecule has 0 aliphatic rings. The average molecular weight is 410 g/mol. The Hall–Kier alpha value is -3.26. The molecule has 4 rings (SSSR count). The average Bonchev–Trinajstić information content (AvgIpc) is 3.14. The third-order valence-corrected chi connectivity index (χ3v) is 5.24. The number of aromatic nitrogens is 3. The summed E-state index contributed by atoms with van der Waals surface area (Å²) in [5.74, 6) is -1.78. The van der Waals surface area contributed by atoms with Gasteiger partial charge in [0.05, 0.1) is 22.7 Å². The molecule has 5 nitrogen and oxygen atoms in total. The van der Waals surface area contributed by atoms with Gasteiger partial charge in [-0.3, -0.25) is 4.79 Å². The van der Waals surface area contributed by atoms with E-state index < -0.39 is 17.5 Å². The van der Waals surface area contributed by atoms with Crippen LogP contribution in [0, 0.1) is 18.6 Å². The van der Waals surface area contributed by atoms with E-state index in [9.17, 15) is 13.6 Å². The molecule has 0 saturated heterocycles. The number of fused-ring (bicyclic) bond motifs is 1. The molecule has 2 aromatic carbocycles. The molecule has 0 radical (unpaired) electrons. The van der Waals surface area contributed by atoms with E-state index in [0.29, 0.717) is 5.03 Å². The maximum atomic E-state index is 13.7. The predicted octanol–water partition coefficient (Wildman–Crippen LogP) is 4.71. The fraction of sp³-hybridized carbons (Fsp3) is 0.0952. The van der Waals surface area contributed by atoms with E-state index in [1.54, 1.807) is 16.9 Å². The lowest BCUT2D eigenvalue weighted by atomic mass is 10.1. The summed E-state index contributed by atoms with van der Waals surface area (Å²) in [6.45, 7) is 2.02. The highest BCUT2D eigenvalue weighted by molar-refractivity contribution is 8.00. The van der Waals surface area contributed by atoms with Crippen LogP contribution in [0.2, 0.25) is 0 Å². The van der Waals surface area contributed by atoms with E-state index in [1.807, 2.05) is 37.3 Å². The highest BCUT2D eigenvalue weighted by Crippen LogP contribution is 2.26. The minimum Gasteiger partial charge on any atom is -0.323 e. The summed E-state index contributed by atoms with van der Waals surface area (Å²) in [6, 6.07) is 12.9. The molecule has 1 amide bonds. The number of hydrogen-bond donors (Lipinski definition) is 1. The van der Waals surface area contributed by atoms with Crippen molar-refractivity contribution in [1.29, 1.82) is 0 Å². The molecule has 0 fully saturated rings. The number of anilines is 1. The number of benzene rings is 2. The van der Waals surface area contributed by atoms with E-state index in [1.165, 1.54) is 11.8 Å². The molecular weight excluding hydrogens is 394 g/mol. The Labute approximate surface area is 169 Å². The first kappa shape index (κ1) is 19.1. The summed E-state index contributed by atoms with van der Waals surface area (Å²) < 4.78 is 28.6. The highest BCUT2D eigenvalue weighted by atomic mass is 32.2. The van der Waals surface area contributed by atoms with Crippen LogP contribution in [-0.2, 0) is 4.79 Å². The molecule has 146 valence electrons. The standard InChI is InChI=1S/C21H16F2N4OS/c1-13-2-4-14(5-3-13)17-11-19-21(24-8-9-27(19)26-17)29-12-20(28)25-18-10-15(22)6-7-16(18)23/h2-11H,12H2,1H3,(H,25,28). The Balaban J connectivity index is 1.51. The Morgan fingerprint density at radius 2 is 1.93 bits per heavy atom. The minimum atomic E-state index is -0.691. The maximum absolute atomic E-state index is 13.7. The smallest absolute Gasteiger partial charge is 0.234 e. The molecule has 0 unspecified atom stereocenters. The molecule has 2 aromatic heterocycles. The quantitative estimate of drug-likeness (QED) is 0.484. The number of amides is 1. The lowest BCUT2D eigenvalue weighted by molar-refractivity contribution is -0.113. The van der Waals surface area contributed by atoms with Crippen molar-refractivity contribution in [1.82, 2.24) is 14.6 Å². The third kappa shape index (κ3) is 4.27. The number of nitrogens with zero attached hydrogens (tertiary/aromatic N) is 3. The van der Waals surface area contributed by atoms with Gasteiger partial charge in [-0.2, -0.15) is 5.10 Å². The summed E-state index contributed by atoms with van der Waals surface area (Å²) in [7, 11) is 0. The van der Waals surface area contributed by atoms with Gasteiger partial charge in [-0.1, -0.05) is 41.6 Å². The Bertz CT molecular complexity index is 1190. The largest absolute Gasteiger partial charge is 0.323 e. The molecule has 0 bridgehead atoms. The first-order chi connectivity index (χ1) is 14.0. The number of halogens is 2. The second-order valence-corrected chi connectivity index (χ2v) is 7.38. The van der Waals surface area contributed by atoms with Crippen LogP contribution < -0.4 is 5.32 Å². The molecule has 4 aromatic rings. The topological polar surface area (TPSA) is 59.3 Å². The fourth-order valence-electron chi connectivity index (χ4n) is 2.79. The Morgan fingerprint density at radius 3 is 2.72 bits per heavy atom. The van der Waals surface area contributed by atoms with Crippen molar-refractivity contribution in [3.05, 3.63) is 78.1 Å². The summed E-state index contributed by atoms with van der Waals surface area (Å²) in [4.78, 5) is 16.5. The summed E-state index contributed by atoms with van der Waals surface area (Å²) >= 11 is 1.20. The van der Waals surface area contributed by atoms with E-state index in [4.69, 9.17) is 0 Å². The van der Waals surface area contributed by atoms with Gasteiger partial charge < -0.3 is 5.32 Å². The number of carbonyl (C=O) groups is 1. The molecule has 2 heterocycles. The predicted molar refractivity (Wildman–Crippen MR) is 109 cm³/mol. The molecule has 0 aliphatic carbocycles. The van der Waals surface area contributed by atoms with Crippen molar-refractivity contribution in [3.8, 4) is 11.3 Å². The van der Waals surface area contributed by atoms with Gasteiger partial charge in [-0.05, 0) is 25.1 Å². The molecule has 29 heavy (non-hydrogen) atoms. The van der Waals surface area contributed by atoms with Gasteiger partial charge in [0.25, 0.3) is 0 Å². The van der Waals surface area contributed by atoms with Crippen LogP contribution in [0.5, 0.6) is 0 Å². The molecule has 8 heteroatoms. The maximum Gasteiger partial charge on any atom is 0.234 e. The third-order valence-electron chi connectivity index (χ3n) is 4.24.